The van der Waals surface area contributed by atoms with Gasteiger partial charge in [-0.1, -0.05) is 44.2 Å². The predicted molar refractivity (Wildman–Crippen MR) is 121 cm³/mol. The molecule has 0 radical (unpaired) electrons. The highest BCUT2D eigenvalue weighted by molar-refractivity contribution is 5.76. The standard InChI is InChI=1S/C25H38O8/c1-16(2)32-24(26)22-20-21(30-15-31-22)23(28-6)25(3,4)19(33-20)12-18(27-5)14-29-13-17-10-8-7-9-11-17/h7-11,16,18-23H,12-15H2,1-6H3/t18-,19+,20-,21-,22-,23+/m0/s1. The number of esters is 1. The quantitative estimate of drug-likeness (QED) is 0.487. The van der Waals surface area contributed by atoms with E-state index < -0.39 is 29.7 Å². The topological polar surface area (TPSA) is 81.7 Å². The second-order valence-corrected chi connectivity index (χ2v) is 9.48. The van der Waals surface area contributed by atoms with Crippen molar-refractivity contribution in [2.24, 2.45) is 5.41 Å². The van der Waals surface area contributed by atoms with Gasteiger partial charge < -0.3 is 33.2 Å². The highest BCUT2D eigenvalue weighted by Gasteiger charge is 2.57. The summed E-state index contributed by atoms with van der Waals surface area (Å²) < 4.78 is 40.9. The molecule has 0 aromatic heterocycles. The molecule has 2 saturated heterocycles. The van der Waals surface area contributed by atoms with Gasteiger partial charge in [0.15, 0.2) is 6.10 Å². The summed E-state index contributed by atoms with van der Waals surface area (Å²) in [4.78, 5) is 12.7. The Labute approximate surface area is 196 Å². The van der Waals surface area contributed by atoms with Gasteiger partial charge in [-0.05, 0) is 19.4 Å². The van der Waals surface area contributed by atoms with Crippen LogP contribution in [0.2, 0.25) is 0 Å². The van der Waals surface area contributed by atoms with Gasteiger partial charge in [-0.25, -0.2) is 4.79 Å². The maximum absolute atomic E-state index is 12.7. The third-order valence-corrected chi connectivity index (χ3v) is 6.38. The predicted octanol–water partition coefficient (Wildman–Crippen LogP) is 3.11. The van der Waals surface area contributed by atoms with Crippen LogP contribution in [0.15, 0.2) is 30.3 Å². The summed E-state index contributed by atoms with van der Waals surface area (Å²) >= 11 is 0. The minimum absolute atomic E-state index is 0.0168. The summed E-state index contributed by atoms with van der Waals surface area (Å²) in [6.45, 7) is 8.68. The van der Waals surface area contributed by atoms with Crippen molar-refractivity contribution in [2.45, 2.75) is 83.5 Å². The Morgan fingerprint density at radius 2 is 1.85 bits per heavy atom. The van der Waals surface area contributed by atoms with Crippen LogP contribution in [0.25, 0.3) is 0 Å². The Bertz CT molecular complexity index is 737. The van der Waals surface area contributed by atoms with E-state index in [1.165, 1.54) is 0 Å². The molecule has 0 bridgehead atoms. The minimum atomic E-state index is -0.877. The molecule has 0 unspecified atom stereocenters. The number of carbonyl (C=O) groups is 1. The lowest BCUT2D eigenvalue weighted by molar-refractivity contribution is -0.326. The summed E-state index contributed by atoms with van der Waals surface area (Å²) in [6.07, 6.45) is -2.44. The summed E-state index contributed by atoms with van der Waals surface area (Å²) in [7, 11) is 3.32. The van der Waals surface area contributed by atoms with E-state index in [9.17, 15) is 4.79 Å². The first-order chi connectivity index (χ1) is 15.8. The molecule has 0 amide bonds. The molecule has 0 aliphatic carbocycles. The van der Waals surface area contributed by atoms with Crippen molar-refractivity contribution in [3.8, 4) is 0 Å². The van der Waals surface area contributed by atoms with Crippen molar-refractivity contribution in [3.63, 3.8) is 0 Å². The zero-order valence-electron chi connectivity index (χ0n) is 20.5. The van der Waals surface area contributed by atoms with Crippen LogP contribution in [0.4, 0.5) is 0 Å². The average Bonchev–Trinajstić information content (AvgIpc) is 2.78. The van der Waals surface area contributed by atoms with Gasteiger partial charge in [-0.2, -0.15) is 0 Å². The van der Waals surface area contributed by atoms with E-state index in [1.54, 1.807) is 28.1 Å². The van der Waals surface area contributed by atoms with Crippen LogP contribution in [0.1, 0.15) is 39.7 Å². The number of fused-ring (bicyclic) bond motifs is 1. The third-order valence-electron chi connectivity index (χ3n) is 6.38. The van der Waals surface area contributed by atoms with Gasteiger partial charge in [-0.3, -0.25) is 0 Å². The second-order valence-electron chi connectivity index (χ2n) is 9.48. The molecule has 0 saturated carbocycles. The average molecular weight is 467 g/mol. The van der Waals surface area contributed by atoms with Crippen molar-refractivity contribution < 1.29 is 38.0 Å². The van der Waals surface area contributed by atoms with Crippen LogP contribution in [0, 0.1) is 5.41 Å². The number of benzene rings is 1. The summed E-state index contributed by atoms with van der Waals surface area (Å²) in [5.74, 6) is -0.453. The van der Waals surface area contributed by atoms with E-state index in [1.807, 2.05) is 30.3 Å². The molecule has 1 aromatic carbocycles. The highest BCUT2D eigenvalue weighted by atomic mass is 16.7. The largest absolute Gasteiger partial charge is 0.461 e. The normalized spacial score (nSPS) is 30.0. The number of ether oxygens (including phenoxy) is 7. The molecular formula is C25H38O8. The van der Waals surface area contributed by atoms with Gasteiger partial charge in [0.1, 0.15) is 19.0 Å². The zero-order chi connectivity index (χ0) is 24.0. The fourth-order valence-electron chi connectivity index (χ4n) is 4.59. The Hall–Kier alpha value is -1.55. The van der Waals surface area contributed by atoms with Crippen molar-refractivity contribution in [3.05, 3.63) is 35.9 Å². The van der Waals surface area contributed by atoms with Crippen LogP contribution in [-0.2, 0) is 44.6 Å². The molecule has 8 nitrogen and oxygen atoms in total. The van der Waals surface area contributed by atoms with E-state index in [-0.39, 0.29) is 31.2 Å². The molecular weight excluding hydrogens is 428 g/mol. The molecule has 2 heterocycles. The van der Waals surface area contributed by atoms with Crippen molar-refractivity contribution in [1.29, 1.82) is 0 Å². The van der Waals surface area contributed by atoms with Gasteiger partial charge in [-0.15, -0.1) is 0 Å². The number of rotatable bonds is 10. The smallest absolute Gasteiger partial charge is 0.338 e. The van der Waals surface area contributed by atoms with Gasteiger partial charge in [0.2, 0.25) is 0 Å². The van der Waals surface area contributed by atoms with Gasteiger partial charge >= 0.3 is 5.97 Å². The van der Waals surface area contributed by atoms with Crippen LogP contribution in [-0.4, -0.2) is 76.3 Å². The summed E-state index contributed by atoms with van der Waals surface area (Å²) in [6, 6.07) is 10.0. The second kappa shape index (κ2) is 11.7. The molecule has 6 atom stereocenters. The van der Waals surface area contributed by atoms with E-state index in [2.05, 4.69) is 13.8 Å². The third kappa shape index (κ3) is 6.32. The first kappa shape index (κ1) is 26.1. The number of methoxy groups -OCH3 is 2. The lowest BCUT2D eigenvalue weighted by Crippen LogP contribution is -2.67. The maximum Gasteiger partial charge on any atom is 0.338 e. The molecule has 3 rings (SSSR count). The Morgan fingerprint density at radius 1 is 1.12 bits per heavy atom. The maximum atomic E-state index is 12.7. The number of hydrogen-bond donors (Lipinski definition) is 0. The fraction of sp³-hybridized carbons (Fsp3) is 0.720. The molecule has 0 N–H and O–H groups in total. The van der Waals surface area contributed by atoms with Crippen LogP contribution in [0.5, 0.6) is 0 Å². The van der Waals surface area contributed by atoms with Crippen molar-refractivity contribution in [1.82, 2.24) is 0 Å². The zero-order valence-corrected chi connectivity index (χ0v) is 20.5. The van der Waals surface area contributed by atoms with Crippen molar-refractivity contribution >= 4 is 5.97 Å². The SMILES string of the molecule is CO[C@H](COCc1ccccc1)C[C@H]1O[C@H]2[C@H](OCO[C@@H]2C(=O)OC(C)C)[C@@H](OC)C1(C)C. The fourth-order valence-corrected chi connectivity index (χ4v) is 4.59. The minimum Gasteiger partial charge on any atom is -0.461 e. The molecule has 186 valence electrons. The van der Waals surface area contributed by atoms with Gasteiger partial charge in [0.05, 0.1) is 37.6 Å². The van der Waals surface area contributed by atoms with Crippen molar-refractivity contribution in [2.75, 3.05) is 27.6 Å². The van der Waals surface area contributed by atoms with Crippen LogP contribution >= 0.6 is 0 Å². The van der Waals surface area contributed by atoms with E-state index in [0.717, 1.165) is 5.56 Å². The van der Waals surface area contributed by atoms with Crippen LogP contribution < -0.4 is 0 Å². The van der Waals surface area contributed by atoms with E-state index >= 15 is 0 Å². The Morgan fingerprint density at radius 3 is 2.48 bits per heavy atom. The monoisotopic (exact) mass is 466 g/mol. The molecule has 8 heteroatoms. The molecule has 33 heavy (non-hydrogen) atoms. The lowest BCUT2D eigenvalue weighted by Gasteiger charge is -2.54. The first-order valence-corrected chi connectivity index (χ1v) is 11.5. The van der Waals surface area contributed by atoms with E-state index in [0.29, 0.717) is 19.6 Å². The number of carbonyl (C=O) groups excluding carboxylic acids is 1. The summed E-state index contributed by atoms with van der Waals surface area (Å²) in [5, 5.41) is 0. The Balaban J connectivity index is 1.70. The van der Waals surface area contributed by atoms with Gasteiger partial charge in [0, 0.05) is 26.1 Å². The number of hydrogen-bond acceptors (Lipinski definition) is 8. The first-order valence-electron chi connectivity index (χ1n) is 11.5. The highest BCUT2D eigenvalue weighted by Crippen LogP contribution is 2.44. The lowest BCUT2D eigenvalue weighted by atomic mass is 9.72. The summed E-state index contributed by atoms with van der Waals surface area (Å²) in [5.41, 5.74) is 0.697. The van der Waals surface area contributed by atoms with Gasteiger partial charge in [0.25, 0.3) is 0 Å². The van der Waals surface area contributed by atoms with E-state index in [4.69, 9.17) is 33.2 Å². The molecule has 2 aliphatic heterocycles. The molecule has 2 fully saturated rings. The molecule has 1 aromatic rings. The molecule has 0 spiro atoms. The Kier molecular flexibility index (Phi) is 9.26. The molecule has 2 aliphatic rings. The van der Waals surface area contributed by atoms with Crippen LogP contribution in [0.3, 0.4) is 0 Å².